The lowest BCUT2D eigenvalue weighted by Gasteiger charge is -2.27. The van der Waals surface area contributed by atoms with Gasteiger partial charge < -0.3 is 20.3 Å². The summed E-state index contributed by atoms with van der Waals surface area (Å²) in [5.74, 6) is 0.313. The lowest BCUT2D eigenvalue weighted by Crippen LogP contribution is -2.45. The molecule has 0 radical (unpaired) electrons. The van der Waals surface area contributed by atoms with Crippen LogP contribution in [0.3, 0.4) is 0 Å². The standard InChI is InChI=1S/C19H29FN4O2.HI/c1-19(2,3)26-18(25)24(15-9-10-15)12-11-22-17(21-4)23-13-14-7-5-6-8-16(14)20;/h5-8,15H,9-13H2,1-4H3,(H2,21,22,23);1H. The molecular formula is C19H30FIN4O2. The molecule has 1 fully saturated rings. The first kappa shape index (κ1) is 23.5. The number of guanidine groups is 1. The summed E-state index contributed by atoms with van der Waals surface area (Å²) in [6.07, 6.45) is 1.75. The zero-order valence-corrected chi connectivity index (χ0v) is 18.7. The van der Waals surface area contributed by atoms with Gasteiger partial charge in [0.25, 0.3) is 0 Å². The van der Waals surface area contributed by atoms with Gasteiger partial charge in [0.2, 0.25) is 0 Å². The van der Waals surface area contributed by atoms with Gasteiger partial charge >= 0.3 is 6.09 Å². The van der Waals surface area contributed by atoms with Gasteiger partial charge in [-0.3, -0.25) is 4.99 Å². The van der Waals surface area contributed by atoms with Crippen LogP contribution in [-0.4, -0.2) is 48.7 Å². The Balaban J connectivity index is 0.00000364. The number of benzene rings is 1. The van der Waals surface area contributed by atoms with Gasteiger partial charge in [0, 0.05) is 38.3 Å². The highest BCUT2D eigenvalue weighted by molar-refractivity contribution is 14.0. The summed E-state index contributed by atoms with van der Waals surface area (Å²) in [4.78, 5) is 18.2. The van der Waals surface area contributed by atoms with E-state index in [1.807, 2.05) is 20.8 Å². The number of nitrogens with one attached hydrogen (secondary N) is 2. The van der Waals surface area contributed by atoms with Crippen molar-refractivity contribution in [3.05, 3.63) is 35.6 Å². The minimum absolute atomic E-state index is 0. The van der Waals surface area contributed by atoms with Crippen molar-refractivity contribution in [2.75, 3.05) is 20.1 Å². The van der Waals surface area contributed by atoms with Crippen LogP contribution < -0.4 is 10.6 Å². The number of amides is 1. The maximum atomic E-state index is 13.7. The van der Waals surface area contributed by atoms with Gasteiger partial charge in [0.1, 0.15) is 11.4 Å². The van der Waals surface area contributed by atoms with Crippen molar-refractivity contribution in [3.8, 4) is 0 Å². The van der Waals surface area contributed by atoms with Crippen molar-refractivity contribution >= 4 is 36.0 Å². The number of rotatable bonds is 6. The molecule has 0 unspecified atom stereocenters. The minimum Gasteiger partial charge on any atom is -0.444 e. The Hall–Kier alpha value is -1.58. The Labute approximate surface area is 178 Å². The SMILES string of the molecule is CN=C(NCCN(C(=O)OC(C)(C)C)C1CC1)NCc1ccccc1F.I. The second-order valence-corrected chi connectivity index (χ2v) is 7.35. The van der Waals surface area contributed by atoms with Gasteiger partial charge in [-0.2, -0.15) is 0 Å². The van der Waals surface area contributed by atoms with Crippen molar-refractivity contribution in [3.63, 3.8) is 0 Å². The van der Waals surface area contributed by atoms with Gasteiger partial charge in [0.05, 0.1) is 0 Å². The van der Waals surface area contributed by atoms with Gasteiger partial charge in [-0.1, -0.05) is 18.2 Å². The van der Waals surface area contributed by atoms with E-state index in [9.17, 15) is 9.18 Å². The maximum Gasteiger partial charge on any atom is 0.410 e. The quantitative estimate of drug-likeness (QED) is 0.363. The van der Waals surface area contributed by atoms with Crippen molar-refractivity contribution < 1.29 is 13.9 Å². The molecule has 1 amide bonds. The summed E-state index contributed by atoms with van der Waals surface area (Å²) >= 11 is 0. The molecule has 1 aromatic carbocycles. The third-order valence-electron chi connectivity index (χ3n) is 3.89. The molecule has 1 aliphatic carbocycles. The number of ether oxygens (including phenoxy) is 1. The Morgan fingerprint density at radius 1 is 1.30 bits per heavy atom. The Bertz CT molecular complexity index is 645. The average molecular weight is 492 g/mol. The second-order valence-electron chi connectivity index (χ2n) is 7.35. The Morgan fingerprint density at radius 3 is 2.52 bits per heavy atom. The van der Waals surface area contributed by atoms with Gasteiger partial charge in [-0.15, -0.1) is 24.0 Å². The molecule has 0 heterocycles. The zero-order valence-electron chi connectivity index (χ0n) is 16.4. The van der Waals surface area contributed by atoms with Crippen LogP contribution in [-0.2, 0) is 11.3 Å². The van der Waals surface area contributed by atoms with E-state index in [-0.39, 0.29) is 41.9 Å². The molecule has 2 rings (SSSR count). The molecule has 152 valence electrons. The second kappa shape index (κ2) is 10.7. The van der Waals surface area contributed by atoms with Gasteiger partial charge in [-0.05, 0) is 39.7 Å². The molecule has 1 aliphatic rings. The fourth-order valence-corrected chi connectivity index (χ4v) is 2.47. The lowest BCUT2D eigenvalue weighted by atomic mass is 10.2. The van der Waals surface area contributed by atoms with E-state index in [2.05, 4.69) is 15.6 Å². The van der Waals surface area contributed by atoms with E-state index in [4.69, 9.17) is 4.74 Å². The largest absolute Gasteiger partial charge is 0.444 e. The topological polar surface area (TPSA) is 66.0 Å². The molecule has 1 saturated carbocycles. The normalized spacial score (nSPS) is 14.2. The smallest absolute Gasteiger partial charge is 0.410 e. The van der Waals surface area contributed by atoms with E-state index in [1.54, 1.807) is 30.1 Å². The first-order valence-corrected chi connectivity index (χ1v) is 8.97. The fourth-order valence-electron chi connectivity index (χ4n) is 2.47. The van der Waals surface area contributed by atoms with Crippen molar-refractivity contribution in [2.24, 2.45) is 4.99 Å². The van der Waals surface area contributed by atoms with Crippen molar-refractivity contribution in [1.29, 1.82) is 0 Å². The number of carbonyl (C=O) groups excluding carboxylic acids is 1. The van der Waals surface area contributed by atoms with E-state index in [0.717, 1.165) is 12.8 Å². The molecule has 0 saturated heterocycles. The first-order chi connectivity index (χ1) is 12.3. The highest BCUT2D eigenvalue weighted by Crippen LogP contribution is 2.28. The average Bonchev–Trinajstić information content (AvgIpc) is 3.38. The predicted octanol–water partition coefficient (Wildman–Crippen LogP) is 3.51. The maximum absolute atomic E-state index is 13.7. The van der Waals surface area contributed by atoms with E-state index in [0.29, 0.717) is 31.2 Å². The Kier molecular flexibility index (Phi) is 9.28. The molecule has 0 bridgehead atoms. The van der Waals surface area contributed by atoms with Gasteiger partial charge in [0.15, 0.2) is 5.96 Å². The molecule has 0 aromatic heterocycles. The Morgan fingerprint density at radius 2 is 1.96 bits per heavy atom. The van der Waals surface area contributed by atoms with Crippen molar-refractivity contribution in [1.82, 2.24) is 15.5 Å². The van der Waals surface area contributed by atoms with Crippen LogP contribution in [0.4, 0.5) is 9.18 Å². The first-order valence-electron chi connectivity index (χ1n) is 8.97. The molecule has 27 heavy (non-hydrogen) atoms. The molecular weight excluding hydrogens is 462 g/mol. The van der Waals surface area contributed by atoms with Crippen LogP contribution in [0.25, 0.3) is 0 Å². The summed E-state index contributed by atoms with van der Waals surface area (Å²) in [6, 6.07) is 6.88. The summed E-state index contributed by atoms with van der Waals surface area (Å²) in [5, 5.41) is 6.23. The summed E-state index contributed by atoms with van der Waals surface area (Å²) < 4.78 is 19.1. The third-order valence-corrected chi connectivity index (χ3v) is 3.89. The molecule has 0 aliphatic heterocycles. The number of halogens is 2. The molecule has 6 nitrogen and oxygen atoms in total. The van der Waals surface area contributed by atoms with E-state index in [1.165, 1.54) is 6.07 Å². The van der Waals surface area contributed by atoms with Crippen LogP contribution in [0.5, 0.6) is 0 Å². The van der Waals surface area contributed by atoms with E-state index >= 15 is 0 Å². The molecule has 0 spiro atoms. The molecule has 1 aromatic rings. The summed E-state index contributed by atoms with van der Waals surface area (Å²) in [6.45, 7) is 6.99. The molecule has 0 atom stereocenters. The highest BCUT2D eigenvalue weighted by atomic mass is 127. The predicted molar refractivity (Wildman–Crippen MR) is 116 cm³/mol. The van der Waals surface area contributed by atoms with Crippen LogP contribution >= 0.6 is 24.0 Å². The number of hydrogen-bond acceptors (Lipinski definition) is 3. The van der Waals surface area contributed by atoms with Crippen molar-refractivity contribution in [2.45, 2.75) is 51.8 Å². The molecule has 2 N–H and O–H groups in total. The number of nitrogens with zero attached hydrogens (tertiary/aromatic N) is 2. The summed E-state index contributed by atoms with van der Waals surface area (Å²) in [5.41, 5.74) is 0.0680. The summed E-state index contributed by atoms with van der Waals surface area (Å²) in [7, 11) is 1.66. The van der Waals surface area contributed by atoms with Crippen LogP contribution in [0, 0.1) is 5.82 Å². The third kappa shape index (κ3) is 8.32. The molecule has 8 heteroatoms. The highest BCUT2D eigenvalue weighted by Gasteiger charge is 2.34. The number of hydrogen-bond donors (Lipinski definition) is 2. The number of aliphatic imine (C=N–C) groups is 1. The lowest BCUT2D eigenvalue weighted by molar-refractivity contribution is 0.0238. The van der Waals surface area contributed by atoms with Crippen LogP contribution in [0.1, 0.15) is 39.2 Å². The van der Waals surface area contributed by atoms with Crippen LogP contribution in [0.2, 0.25) is 0 Å². The monoisotopic (exact) mass is 492 g/mol. The van der Waals surface area contributed by atoms with Crippen LogP contribution in [0.15, 0.2) is 29.3 Å². The van der Waals surface area contributed by atoms with Gasteiger partial charge in [-0.25, -0.2) is 9.18 Å². The number of carbonyl (C=O) groups is 1. The zero-order chi connectivity index (χ0) is 19.2. The van der Waals surface area contributed by atoms with E-state index < -0.39 is 5.60 Å². The minimum atomic E-state index is -0.505. The fraction of sp³-hybridized carbons (Fsp3) is 0.579.